The lowest BCUT2D eigenvalue weighted by Gasteiger charge is -2.24. The van der Waals surface area contributed by atoms with Crippen molar-refractivity contribution in [2.45, 2.75) is 18.7 Å². The van der Waals surface area contributed by atoms with E-state index in [0.717, 1.165) is 24.3 Å². The van der Waals surface area contributed by atoms with Crippen molar-refractivity contribution in [3.63, 3.8) is 0 Å². The fourth-order valence-electron chi connectivity index (χ4n) is 1.05. The van der Waals surface area contributed by atoms with Crippen LogP contribution in [0.3, 0.4) is 0 Å². The Labute approximate surface area is 105 Å². The Morgan fingerprint density at radius 1 is 1.32 bits per heavy atom. The predicted molar refractivity (Wildman–Crippen MR) is 58.4 cm³/mol. The molecule has 0 radical (unpaired) electrons. The van der Waals surface area contributed by atoms with Gasteiger partial charge in [-0.15, -0.1) is 0 Å². The average molecular weight is 278 g/mol. The minimum absolute atomic E-state index is 0.0971. The summed E-state index contributed by atoms with van der Waals surface area (Å²) in [7, 11) is 0. The van der Waals surface area contributed by atoms with Crippen LogP contribution in [0.15, 0.2) is 24.3 Å². The second kappa shape index (κ2) is 4.84. The van der Waals surface area contributed by atoms with Crippen molar-refractivity contribution < 1.29 is 28.0 Å². The van der Waals surface area contributed by atoms with Crippen molar-refractivity contribution in [2.75, 3.05) is 5.32 Å². The molecule has 0 spiro atoms. The molecular formula is C10H9F3N2O4. The number of carbonyl (C=O) groups excluding carboxylic acids is 1. The first-order valence-electron chi connectivity index (χ1n) is 4.90. The van der Waals surface area contributed by atoms with E-state index in [2.05, 4.69) is 0 Å². The molecule has 0 aliphatic carbocycles. The quantitative estimate of drug-likeness (QED) is 0.651. The van der Waals surface area contributed by atoms with E-state index in [9.17, 15) is 28.1 Å². The van der Waals surface area contributed by atoms with Crippen molar-refractivity contribution in [2.24, 2.45) is 0 Å². The number of nitro benzene ring substituents is 1. The number of alkyl halides is 3. The van der Waals surface area contributed by atoms with E-state index < -0.39 is 22.6 Å². The summed E-state index contributed by atoms with van der Waals surface area (Å²) in [6, 6.07) is 4.14. The van der Waals surface area contributed by atoms with E-state index in [1.807, 2.05) is 5.32 Å². The van der Waals surface area contributed by atoms with Gasteiger partial charge in [-0.1, -0.05) is 0 Å². The Kier molecular flexibility index (Phi) is 3.80. The fraction of sp³-hybridized carbons (Fsp3) is 0.300. The number of amides is 1. The number of hydrogen-bond donors (Lipinski definition) is 2. The number of nitro groups is 1. The third-order valence-electron chi connectivity index (χ3n) is 2.33. The normalized spacial score (nSPS) is 14.6. The third-order valence-corrected chi connectivity index (χ3v) is 2.33. The molecular weight excluding hydrogens is 269 g/mol. The molecule has 19 heavy (non-hydrogen) atoms. The highest BCUT2D eigenvalue weighted by Crippen LogP contribution is 2.31. The van der Waals surface area contributed by atoms with Gasteiger partial charge in [0.2, 0.25) is 5.60 Å². The lowest BCUT2D eigenvalue weighted by Crippen LogP contribution is -2.52. The van der Waals surface area contributed by atoms with E-state index >= 15 is 0 Å². The van der Waals surface area contributed by atoms with Gasteiger partial charge in [-0.2, -0.15) is 13.2 Å². The van der Waals surface area contributed by atoms with Crippen LogP contribution >= 0.6 is 0 Å². The standard InChI is InChI=1S/C10H9F3N2O4/c1-9(17,10(11,12)13)8(16)14-6-2-4-7(5-3-6)15(18)19/h2-5,17H,1H3,(H,14,16)/t9-/m0/s1. The highest BCUT2D eigenvalue weighted by atomic mass is 19.4. The number of nitrogens with zero attached hydrogens (tertiary/aromatic N) is 1. The Hall–Kier alpha value is -2.16. The van der Waals surface area contributed by atoms with Crippen LogP contribution in [-0.4, -0.2) is 27.7 Å². The first-order valence-corrected chi connectivity index (χ1v) is 4.90. The van der Waals surface area contributed by atoms with Crippen molar-refractivity contribution in [3.05, 3.63) is 34.4 Å². The molecule has 0 unspecified atom stereocenters. The molecule has 1 aromatic carbocycles. The Bertz CT molecular complexity index is 496. The van der Waals surface area contributed by atoms with Gasteiger partial charge in [0.1, 0.15) is 0 Å². The van der Waals surface area contributed by atoms with E-state index in [4.69, 9.17) is 5.11 Å². The van der Waals surface area contributed by atoms with Crippen molar-refractivity contribution in [1.82, 2.24) is 0 Å². The number of non-ortho nitro benzene ring substituents is 1. The van der Waals surface area contributed by atoms with Crippen molar-refractivity contribution >= 4 is 17.3 Å². The highest BCUT2D eigenvalue weighted by molar-refractivity contribution is 5.97. The maximum atomic E-state index is 12.4. The van der Waals surface area contributed by atoms with Gasteiger partial charge in [0.15, 0.2) is 0 Å². The minimum Gasteiger partial charge on any atom is -0.373 e. The maximum absolute atomic E-state index is 12.4. The van der Waals surface area contributed by atoms with Gasteiger partial charge < -0.3 is 10.4 Å². The Morgan fingerprint density at radius 2 is 1.79 bits per heavy atom. The van der Waals surface area contributed by atoms with Crippen LogP contribution in [0.4, 0.5) is 24.5 Å². The van der Waals surface area contributed by atoms with Gasteiger partial charge in [0.05, 0.1) is 4.92 Å². The van der Waals surface area contributed by atoms with Gasteiger partial charge in [0, 0.05) is 17.8 Å². The van der Waals surface area contributed by atoms with Gasteiger partial charge in [0.25, 0.3) is 11.6 Å². The molecule has 1 amide bonds. The van der Waals surface area contributed by atoms with Crippen LogP contribution in [-0.2, 0) is 4.79 Å². The second-order valence-electron chi connectivity index (χ2n) is 3.83. The molecule has 104 valence electrons. The molecule has 0 aliphatic rings. The van der Waals surface area contributed by atoms with E-state index in [0.29, 0.717) is 6.92 Å². The predicted octanol–water partition coefficient (Wildman–Crippen LogP) is 1.85. The Morgan fingerprint density at radius 3 is 2.16 bits per heavy atom. The van der Waals surface area contributed by atoms with Crippen LogP contribution in [0.25, 0.3) is 0 Å². The Balaban J connectivity index is 2.86. The molecule has 0 bridgehead atoms. The summed E-state index contributed by atoms with van der Waals surface area (Å²) in [6.45, 7) is 0.313. The molecule has 1 rings (SSSR count). The highest BCUT2D eigenvalue weighted by Gasteiger charge is 2.55. The third kappa shape index (κ3) is 3.19. The monoisotopic (exact) mass is 278 g/mol. The zero-order valence-corrected chi connectivity index (χ0v) is 9.56. The summed E-state index contributed by atoms with van der Waals surface area (Å²) in [4.78, 5) is 20.9. The number of aliphatic hydroxyl groups is 1. The first-order chi connectivity index (χ1) is 8.55. The van der Waals surface area contributed by atoms with Crippen LogP contribution in [0, 0.1) is 10.1 Å². The number of nitrogens with one attached hydrogen (secondary N) is 1. The summed E-state index contributed by atoms with van der Waals surface area (Å²) in [6.07, 6.45) is -5.13. The fourth-order valence-corrected chi connectivity index (χ4v) is 1.05. The smallest absolute Gasteiger partial charge is 0.373 e. The molecule has 0 heterocycles. The molecule has 2 N–H and O–H groups in total. The molecule has 1 aromatic rings. The molecule has 0 fully saturated rings. The summed E-state index contributed by atoms with van der Waals surface area (Å²) >= 11 is 0. The van der Waals surface area contributed by atoms with Gasteiger partial charge in [-0.25, -0.2) is 0 Å². The molecule has 0 aromatic heterocycles. The maximum Gasteiger partial charge on any atom is 0.426 e. The van der Waals surface area contributed by atoms with Crippen molar-refractivity contribution in [1.29, 1.82) is 0 Å². The van der Waals surface area contributed by atoms with E-state index in [1.165, 1.54) is 0 Å². The first kappa shape index (κ1) is 14.9. The number of rotatable bonds is 3. The number of hydrogen-bond acceptors (Lipinski definition) is 4. The van der Waals surface area contributed by atoms with E-state index in [1.54, 1.807) is 0 Å². The van der Waals surface area contributed by atoms with Crippen molar-refractivity contribution in [3.8, 4) is 0 Å². The van der Waals surface area contributed by atoms with Gasteiger partial charge in [-0.3, -0.25) is 14.9 Å². The summed E-state index contributed by atoms with van der Waals surface area (Å²) in [5.41, 5.74) is -3.92. The molecule has 9 heteroatoms. The molecule has 0 saturated heterocycles. The summed E-state index contributed by atoms with van der Waals surface area (Å²) in [5, 5.41) is 21.3. The largest absolute Gasteiger partial charge is 0.426 e. The van der Waals surface area contributed by atoms with Gasteiger partial charge >= 0.3 is 6.18 Å². The lowest BCUT2D eigenvalue weighted by atomic mass is 10.1. The van der Waals surface area contributed by atoms with E-state index in [-0.39, 0.29) is 11.4 Å². The SMILES string of the molecule is C[C@](O)(C(=O)Nc1ccc([N+](=O)[O-])cc1)C(F)(F)F. The molecule has 0 aliphatic heterocycles. The minimum atomic E-state index is -5.13. The molecule has 1 atom stereocenters. The van der Waals surface area contributed by atoms with Crippen LogP contribution in [0.2, 0.25) is 0 Å². The van der Waals surface area contributed by atoms with Crippen LogP contribution < -0.4 is 5.32 Å². The average Bonchev–Trinajstić information content (AvgIpc) is 2.28. The summed E-state index contributed by atoms with van der Waals surface area (Å²) < 4.78 is 37.1. The summed E-state index contributed by atoms with van der Waals surface area (Å²) in [5.74, 6) is -1.67. The molecule has 6 nitrogen and oxygen atoms in total. The number of anilines is 1. The number of benzene rings is 1. The molecule has 0 saturated carbocycles. The zero-order chi connectivity index (χ0) is 14.8. The van der Waals surface area contributed by atoms with Crippen LogP contribution in [0.1, 0.15) is 6.92 Å². The topological polar surface area (TPSA) is 92.5 Å². The van der Waals surface area contributed by atoms with Gasteiger partial charge in [-0.05, 0) is 19.1 Å². The second-order valence-corrected chi connectivity index (χ2v) is 3.83. The number of halogens is 3. The number of carbonyl (C=O) groups is 1. The zero-order valence-electron chi connectivity index (χ0n) is 9.56. The van der Waals surface area contributed by atoms with Crippen LogP contribution in [0.5, 0.6) is 0 Å². The lowest BCUT2D eigenvalue weighted by molar-refractivity contribution is -0.384.